The van der Waals surface area contributed by atoms with Gasteiger partial charge in [0.15, 0.2) is 5.16 Å². The van der Waals surface area contributed by atoms with Gasteiger partial charge in [0.05, 0.1) is 21.3 Å². The summed E-state index contributed by atoms with van der Waals surface area (Å²) < 4.78 is 0.779. The predicted octanol–water partition coefficient (Wildman–Crippen LogP) is 2.61. The second-order valence-corrected chi connectivity index (χ2v) is 5.79. The molecule has 0 aromatic carbocycles. The zero-order chi connectivity index (χ0) is 13.8. The van der Waals surface area contributed by atoms with Crippen molar-refractivity contribution >= 4 is 33.4 Å². The van der Waals surface area contributed by atoms with Crippen LogP contribution in [0.25, 0.3) is 0 Å². The molecule has 0 aliphatic rings. The van der Waals surface area contributed by atoms with Crippen LogP contribution in [0.2, 0.25) is 0 Å². The average molecular weight is 341 g/mol. The Kier molecular flexibility index (Phi) is 4.60. The molecule has 0 fully saturated rings. The molecule has 3 N–H and O–H groups in total. The molecular formula is C12H13BrN4OS. The number of anilines is 1. The Bertz CT molecular complexity index is 624. The van der Waals surface area contributed by atoms with Crippen LogP contribution in [0, 0.1) is 0 Å². The first-order valence-corrected chi connectivity index (χ1v) is 7.38. The molecule has 0 saturated carbocycles. The maximum atomic E-state index is 11.6. The maximum absolute atomic E-state index is 11.6. The molecule has 0 spiro atoms. The number of nitrogens with one attached hydrogen (secondary N) is 1. The number of hydrogen-bond acceptors (Lipinski definition) is 5. The van der Waals surface area contributed by atoms with Gasteiger partial charge < -0.3 is 10.7 Å². The van der Waals surface area contributed by atoms with E-state index in [4.69, 9.17) is 5.73 Å². The molecule has 0 atom stereocenters. The van der Waals surface area contributed by atoms with Gasteiger partial charge in [-0.05, 0) is 34.1 Å². The molecule has 0 unspecified atom stereocenters. The zero-order valence-corrected chi connectivity index (χ0v) is 12.7. The van der Waals surface area contributed by atoms with E-state index in [2.05, 4.69) is 30.9 Å². The van der Waals surface area contributed by atoms with Crippen molar-refractivity contribution in [1.29, 1.82) is 0 Å². The highest BCUT2D eigenvalue weighted by atomic mass is 79.9. The summed E-state index contributed by atoms with van der Waals surface area (Å²) in [7, 11) is 0. The van der Waals surface area contributed by atoms with Gasteiger partial charge in [-0.15, -0.1) is 0 Å². The minimum atomic E-state index is -0.148. The number of halogens is 1. The molecule has 5 nitrogen and oxygen atoms in total. The van der Waals surface area contributed by atoms with Crippen molar-refractivity contribution in [3.05, 3.63) is 39.0 Å². The van der Waals surface area contributed by atoms with Gasteiger partial charge in [0.25, 0.3) is 5.56 Å². The van der Waals surface area contributed by atoms with Crippen molar-refractivity contribution < 1.29 is 0 Å². The second kappa shape index (κ2) is 6.21. The quantitative estimate of drug-likeness (QED) is 0.835. The molecule has 0 aliphatic heterocycles. The highest BCUT2D eigenvalue weighted by Gasteiger charge is 2.09. The second-order valence-electron chi connectivity index (χ2n) is 3.93. The van der Waals surface area contributed by atoms with E-state index in [9.17, 15) is 4.79 Å². The number of aromatic nitrogens is 3. The van der Waals surface area contributed by atoms with Crippen LogP contribution in [-0.2, 0) is 6.42 Å². The Hall–Kier alpha value is -1.34. The van der Waals surface area contributed by atoms with Gasteiger partial charge >= 0.3 is 0 Å². The molecule has 0 saturated heterocycles. The summed E-state index contributed by atoms with van der Waals surface area (Å²) >= 11 is 4.71. The van der Waals surface area contributed by atoms with Crippen LogP contribution in [0.15, 0.2) is 37.8 Å². The largest absolute Gasteiger partial charge is 0.397 e. The maximum Gasteiger partial charge on any atom is 0.251 e. The predicted molar refractivity (Wildman–Crippen MR) is 79.3 cm³/mol. The monoisotopic (exact) mass is 340 g/mol. The third kappa shape index (κ3) is 3.57. The van der Waals surface area contributed by atoms with Crippen LogP contribution >= 0.6 is 27.7 Å². The van der Waals surface area contributed by atoms with Crippen molar-refractivity contribution in [2.24, 2.45) is 0 Å². The summed E-state index contributed by atoms with van der Waals surface area (Å²) in [4.78, 5) is 23.5. The summed E-state index contributed by atoms with van der Waals surface area (Å²) in [6, 6.07) is 1.53. The topological polar surface area (TPSA) is 84.7 Å². The fourth-order valence-electron chi connectivity index (χ4n) is 1.56. The van der Waals surface area contributed by atoms with Crippen LogP contribution in [0.5, 0.6) is 0 Å². The van der Waals surface area contributed by atoms with Gasteiger partial charge in [0.2, 0.25) is 0 Å². The Balaban J connectivity index is 2.35. The number of hydrogen-bond donors (Lipinski definition) is 2. The van der Waals surface area contributed by atoms with Gasteiger partial charge in [0.1, 0.15) is 0 Å². The standard InChI is InChI=1S/C12H13BrN4OS/c1-2-3-7-4-10(18)17-12(16-7)19-11-8(13)5-15-6-9(11)14/h4-6H,2-3,14H2,1H3,(H,16,17,18). The number of H-pyrrole nitrogens is 1. The normalized spacial score (nSPS) is 10.6. The Morgan fingerprint density at radius 3 is 2.95 bits per heavy atom. The third-order valence-corrected chi connectivity index (χ3v) is 4.27. The number of aromatic amines is 1. The Morgan fingerprint density at radius 2 is 2.26 bits per heavy atom. The Morgan fingerprint density at radius 1 is 1.47 bits per heavy atom. The molecule has 2 heterocycles. The fraction of sp³-hybridized carbons (Fsp3) is 0.250. The highest BCUT2D eigenvalue weighted by molar-refractivity contribution is 9.10. The van der Waals surface area contributed by atoms with E-state index in [1.54, 1.807) is 12.4 Å². The van der Waals surface area contributed by atoms with Crippen LogP contribution in [0.3, 0.4) is 0 Å². The van der Waals surface area contributed by atoms with Crippen molar-refractivity contribution in [1.82, 2.24) is 15.0 Å². The van der Waals surface area contributed by atoms with Gasteiger partial charge in [-0.1, -0.05) is 13.3 Å². The van der Waals surface area contributed by atoms with Crippen molar-refractivity contribution in [3.8, 4) is 0 Å². The lowest BCUT2D eigenvalue weighted by molar-refractivity contribution is 0.816. The molecule has 19 heavy (non-hydrogen) atoms. The van der Waals surface area contributed by atoms with E-state index >= 15 is 0 Å². The molecule has 0 aliphatic carbocycles. The van der Waals surface area contributed by atoms with E-state index in [-0.39, 0.29) is 5.56 Å². The van der Waals surface area contributed by atoms with Gasteiger partial charge in [-0.3, -0.25) is 9.78 Å². The SMILES string of the molecule is CCCc1cc(=O)[nH]c(Sc2c(N)cncc2Br)n1. The number of pyridine rings is 1. The molecule has 2 rings (SSSR count). The van der Waals surface area contributed by atoms with Gasteiger partial charge in [-0.2, -0.15) is 0 Å². The minimum Gasteiger partial charge on any atom is -0.397 e. The number of aryl methyl sites for hydroxylation is 1. The summed E-state index contributed by atoms with van der Waals surface area (Å²) in [5.74, 6) is 0. The minimum absolute atomic E-state index is 0.148. The first kappa shape index (κ1) is 14.1. The first-order valence-electron chi connectivity index (χ1n) is 5.77. The van der Waals surface area contributed by atoms with E-state index in [1.807, 2.05) is 6.92 Å². The number of nitrogen functional groups attached to an aromatic ring is 1. The van der Waals surface area contributed by atoms with Crippen LogP contribution < -0.4 is 11.3 Å². The van der Waals surface area contributed by atoms with Crippen LogP contribution in [0.4, 0.5) is 5.69 Å². The van der Waals surface area contributed by atoms with E-state index in [1.165, 1.54) is 17.8 Å². The summed E-state index contributed by atoms with van der Waals surface area (Å²) in [5, 5.41) is 0.537. The van der Waals surface area contributed by atoms with Gasteiger partial charge in [0, 0.05) is 18.0 Å². The third-order valence-electron chi connectivity index (χ3n) is 2.36. The molecule has 2 aromatic heterocycles. The molecule has 0 radical (unpaired) electrons. The summed E-state index contributed by atoms with van der Waals surface area (Å²) in [6.45, 7) is 2.05. The lowest BCUT2D eigenvalue weighted by Gasteiger charge is -2.07. The zero-order valence-electron chi connectivity index (χ0n) is 10.3. The van der Waals surface area contributed by atoms with Gasteiger partial charge in [-0.25, -0.2) is 4.98 Å². The average Bonchev–Trinajstić information content (AvgIpc) is 2.34. The fourth-order valence-corrected chi connectivity index (χ4v) is 2.98. The van der Waals surface area contributed by atoms with Crippen molar-refractivity contribution in [3.63, 3.8) is 0 Å². The molecular weight excluding hydrogens is 328 g/mol. The highest BCUT2D eigenvalue weighted by Crippen LogP contribution is 2.34. The van der Waals surface area contributed by atoms with Crippen LogP contribution in [-0.4, -0.2) is 15.0 Å². The van der Waals surface area contributed by atoms with E-state index < -0.39 is 0 Å². The smallest absolute Gasteiger partial charge is 0.251 e. The Labute approximate surface area is 123 Å². The number of nitrogens with zero attached hydrogens (tertiary/aromatic N) is 2. The molecule has 0 amide bonds. The number of rotatable bonds is 4. The summed E-state index contributed by atoms with van der Waals surface area (Å²) in [6.07, 6.45) is 4.96. The molecule has 100 valence electrons. The lowest BCUT2D eigenvalue weighted by Crippen LogP contribution is -2.10. The van der Waals surface area contributed by atoms with Crippen molar-refractivity contribution in [2.45, 2.75) is 29.8 Å². The van der Waals surface area contributed by atoms with E-state index in [0.29, 0.717) is 10.8 Å². The van der Waals surface area contributed by atoms with Crippen LogP contribution in [0.1, 0.15) is 19.0 Å². The molecule has 2 aromatic rings. The summed E-state index contributed by atoms with van der Waals surface area (Å²) in [5.41, 5.74) is 7.06. The molecule has 7 heteroatoms. The number of nitrogens with two attached hydrogens (primary N) is 1. The lowest BCUT2D eigenvalue weighted by atomic mass is 10.2. The van der Waals surface area contributed by atoms with Crippen molar-refractivity contribution in [2.75, 3.05) is 5.73 Å². The van der Waals surface area contributed by atoms with E-state index in [0.717, 1.165) is 27.9 Å². The molecule has 0 bridgehead atoms. The first-order chi connectivity index (χ1) is 9.10.